The molecule has 0 fully saturated rings. The van der Waals surface area contributed by atoms with E-state index in [4.69, 9.17) is 0 Å². The van der Waals surface area contributed by atoms with Crippen LogP contribution in [0, 0.1) is 0 Å². The van der Waals surface area contributed by atoms with Crippen molar-refractivity contribution < 1.29 is 33.8 Å². The van der Waals surface area contributed by atoms with E-state index in [0.717, 1.165) is 24.2 Å². The first-order valence-corrected chi connectivity index (χ1v) is 37.0. The van der Waals surface area contributed by atoms with Crippen molar-refractivity contribution in [3.05, 3.63) is 168 Å². The van der Waals surface area contributed by atoms with Gasteiger partial charge in [-0.25, -0.2) is 0 Å². The topological polar surface area (TPSA) is 6.48 Å². The van der Waals surface area contributed by atoms with Crippen LogP contribution in [-0.2, 0) is 34.6 Å². The molecule has 372 valence electrons. The molecule has 6 aromatic carbocycles. The van der Waals surface area contributed by atoms with Gasteiger partial charge in [-0.3, -0.25) is 0 Å². The molecule has 6 rings (SSSR count). The summed E-state index contributed by atoms with van der Waals surface area (Å²) >= 11 is -22.5. The number of hydrogen-bond donors (Lipinski definition) is 0. The summed E-state index contributed by atoms with van der Waals surface area (Å²) in [4.78, 5) is 7.51. The summed E-state index contributed by atoms with van der Waals surface area (Å²) in [5, 5.41) is 0. The van der Waals surface area contributed by atoms with Gasteiger partial charge in [-0.05, 0) is 121 Å². The third-order valence-electron chi connectivity index (χ3n) is 9.89. The molecule has 18 heteroatoms. The monoisotopic (exact) mass is 1220 g/mol. The Morgan fingerprint density at radius 2 is 0.647 bits per heavy atom. The summed E-state index contributed by atoms with van der Waals surface area (Å²) in [7, 11) is 0.364. The van der Waals surface area contributed by atoms with Gasteiger partial charge in [0.25, 0.3) is 0 Å². The first-order chi connectivity index (χ1) is 31.2. The molecule has 0 N–H and O–H groups in total. The van der Waals surface area contributed by atoms with Crippen molar-refractivity contribution in [1.29, 1.82) is 0 Å². The molecule has 0 aliphatic carbocycles. The van der Waals surface area contributed by atoms with Crippen LogP contribution in [0.3, 0.4) is 0 Å². The number of benzene rings is 6. The molecular weight excluding hydrogens is 1160 g/mol. The Balaban J connectivity index is 0.000000626. The van der Waals surface area contributed by atoms with E-state index >= 15 is 0 Å². The van der Waals surface area contributed by atoms with Crippen LogP contribution in [-0.4, -0.2) is 64.0 Å². The maximum atomic E-state index is 9.93. The Morgan fingerprint density at radius 1 is 0.382 bits per heavy atom. The van der Waals surface area contributed by atoms with Gasteiger partial charge in [0.15, 0.2) is 9.79 Å². The molecule has 0 amide bonds. The predicted molar refractivity (Wildman–Crippen MR) is 268 cm³/mol. The fourth-order valence-corrected chi connectivity index (χ4v) is 8.11. The standard InChI is InChI=1S/C50H56N2S2.12FH.2Sb/c1-7-9-13-39-21-29-43(30-22-39)51(47-15-11-17-49(37-47)53(3)4)45-33-25-41(26-34-45)19-20-42-27-35-46(36-28-42)52(48-16-12-18-50(38-48)54(5)6)44-31-23-40(24-32-44)14-10-8-2;;;;;;;;;;;;;;/h11-12,15-38H,7-10,13-14H2,1-6H3;12*1H;;/q+2;;;;;;;;;;;;;2*+5/p-12/b20-19+;;;;;;;;;;;;;;. The normalized spacial score (nSPS) is 13.9. The van der Waals surface area contributed by atoms with Crippen LogP contribution < -0.4 is 9.80 Å². The average Bonchev–Trinajstić information content (AvgIpc) is 3.24. The van der Waals surface area contributed by atoms with Crippen LogP contribution in [0.2, 0.25) is 0 Å². The molecule has 0 aliphatic rings. The van der Waals surface area contributed by atoms with Gasteiger partial charge < -0.3 is 9.80 Å². The van der Waals surface area contributed by atoms with Crippen LogP contribution in [0.25, 0.3) is 12.2 Å². The Morgan fingerprint density at radius 3 is 0.897 bits per heavy atom. The van der Waals surface area contributed by atoms with Crippen molar-refractivity contribution in [3.63, 3.8) is 0 Å². The second kappa shape index (κ2) is 21.7. The second-order valence-corrected chi connectivity index (χ2v) is 31.4. The van der Waals surface area contributed by atoms with Crippen molar-refractivity contribution in [2.45, 2.75) is 62.2 Å². The molecule has 0 bridgehead atoms. The number of rotatable bonds is 16. The van der Waals surface area contributed by atoms with Crippen LogP contribution in [0.1, 0.15) is 61.8 Å². The van der Waals surface area contributed by atoms with Crippen LogP contribution in [0.5, 0.6) is 0 Å². The minimum atomic E-state index is -11.2. The molecule has 0 aromatic heterocycles. The molecule has 68 heavy (non-hydrogen) atoms. The molecule has 0 unspecified atom stereocenters. The van der Waals surface area contributed by atoms with Crippen LogP contribution in [0.4, 0.5) is 67.9 Å². The van der Waals surface area contributed by atoms with E-state index in [2.05, 4.69) is 206 Å². The van der Waals surface area contributed by atoms with Gasteiger partial charge >= 0.3 is 72.7 Å². The maximum absolute atomic E-state index is 11.2. The summed E-state index contributed by atoms with van der Waals surface area (Å²) in [6, 6.07) is 54.2. The second-order valence-electron chi connectivity index (χ2n) is 16.3. The van der Waals surface area contributed by atoms with Gasteiger partial charge in [-0.1, -0.05) is 99.5 Å². The molecule has 0 spiro atoms. The van der Waals surface area contributed by atoms with E-state index in [9.17, 15) is 33.8 Å². The van der Waals surface area contributed by atoms with E-state index in [0.29, 0.717) is 0 Å². The quantitative estimate of drug-likeness (QED) is 0.0412. The molecule has 0 aliphatic heterocycles. The molecule has 0 atom stereocenters. The fraction of sp³-hybridized carbons (Fsp3) is 0.240. The molecule has 0 saturated carbocycles. The van der Waals surface area contributed by atoms with E-state index in [-0.39, 0.29) is 21.8 Å². The van der Waals surface area contributed by atoms with E-state index in [1.165, 1.54) is 80.5 Å². The number of unbranched alkanes of at least 4 members (excludes halogenated alkanes) is 2. The van der Waals surface area contributed by atoms with Crippen molar-refractivity contribution >= 4 is 107 Å². The number of hydrogen-bond acceptors (Lipinski definition) is 2. The van der Waals surface area contributed by atoms with E-state index < -0.39 is 39.0 Å². The van der Waals surface area contributed by atoms with Crippen molar-refractivity contribution in [2.75, 3.05) is 34.8 Å². The number of aryl methyl sites for hydroxylation is 2. The van der Waals surface area contributed by atoms with Gasteiger partial charge in [-0.2, -0.15) is 0 Å². The molecular formula is C50H56F12N2S2Sb2. The molecule has 0 heterocycles. The van der Waals surface area contributed by atoms with E-state index in [1.54, 1.807) is 0 Å². The van der Waals surface area contributed by atoms with Crippen molar-refractivity contribution in [2.24, 2.45) is 0 Å². The summed E-state index contributed by atoms with van der Waals surface area (Å²) < 4.78 is 119. The van der Waals surface area contributed by atoms with Crippen molar-refractivity contribution in [3.8, 4) is 0 Å². The minimum absolute atomic E-state index is 0.182. The first-order valence-electron chi connectivity index (χ1n) is 21.4. The fourth-order valence-electron chi connectivity index (χ4n) is 6.69. The Hall–Kier alpha value is -3.84. The third kappa shape index (κ3) is 22.7. The van der Waals surface area contributed by atoms with Crippen molar-refractivity contribution in [1.82, 2.24) is 0 Å². The first kappa shape index (κ1) is 56.7. The zero-order chi connectivity index (χ0) is 50.7. The number of anilines is 6. The summed E-state index contributed by atoms with van der Waals surface area (Å²) in [6.45, 7) is 4.51. The molecule has 0 radical (unpaired) electrons. The van der Waals surface area contributed by atoms with Gasteiger partial charge in [0, 0.05) is 56.7 Å². The van der Waals surface area contributed by atoms with E-state index in [1.807, 2.05) is 0 Å². The summed E-state index contributed by atoms with van der Waals surface area (Å²) in [6.07, 6.45) is 20.7. The zero-order valence-corrected chi connectivity index (χ0v) is 45.1. The molecule has 2 nitrogen and oxygen atoms in total. The Kier molecular flexibility index (Phi) is 18.1. The summed E-state index contributed by atoms with van der Waals surface area (Å²) in [5.74, 6) is 0. The SMILES string of the molecule is CCCCc1ccc(N(c2ccc(/C=C/c3ccc(N(c4ccc(CCCC)cc4)c4cccc([S+](C)C)c4)cc3)cc2)c2cccc([S+](C)C)c2)cc1.[F][Sb-]([F])([F])([F])([F])[F].[F][Sb-]([F])([F])([F])([F])[F]. The van der Waals surface area contributed by atoms with Gasteiger partial charge in [-0.15, -0.1) is 0 Å². The number of halogens is 12. The van der Waals surface area contributed by atoms with Crippen LogP contribution in [0.15, 0.2) is 155 Å². The molecule has 0 saturated heterocycles. The average molecular weight is 1220 g/mol. The van der Waals surface area contributed by atoms with Crippen LogP contribution >= 0.6 is 0 Å². The predicted octanol–water partition coefficient (Wildman–Crippen LogP) is 18.2. The van der Waals surface area contributed by atoms with Gasteiger partial charge in [0.1, 0.15) is 25.0 Å². The zero-order valence-electron chi connectivity index (χ0n) is 38.4. The Labute approximate surface area is 402 Å². The van der Waals surface area contributed by atoms with Gasteiger partial charge in [0.2, 0.25) is 0 Å². The van der Waals surface area contributed by atoms with Gasteiger partial charge in [0.05, 0.1) is 11.4 Å². The summed E-state index contributed by atoms with van der Waals surface area (Å²) in [5.41, 5.74) is 12.2. The number of nitrogens with zero attached hydrogens (tertiary/aromatic N) is 2. The molecule has 6 aromatic rings. The third-order valence-corrected chi connectivity index (χ3v) is 12.3. The Bertz CT molecular complexity index is 2370.